The molecule has 2 N–H and O–H groups in total. The molecule has 1 rings (SSSR count). The van der Waals surface area contributed by atoms with E-state index in [1.165, 1.54) is 6.92 Å². The third kappa shape index (κ3) is 5.15. The first-order chi connectivity index (χ1) is 8.69. The predicted octanol–water partition coefficient (Wildman–Crippen LogP) is 0.331. The normalized spacial score (nSPS) is 20.4. The van der Waals surface area contributed by atoms with Crippen LogP contribution in [0.4, 0.5) is 4.79 Å². The van der Waals surface area contributed by atoms with Gasteiger partial charge in [-0.3, -0.25) is 4.79 Å². The van der Waals surface area contributed by atoms with Crippen molar-refractivity contribution in [1.29, 1.82) is 0 Å². The number of carbonyl (C=O) groups is 3. The van der Waals surface area contributed by atoms with Gasteiger partial charge < -0.3 is 20.1 Å². The van der Waals surface area contributed by atoms with Crippen molar-refractivity contribution >= 4 is 18.0 Å². The Morgan fingerprint density at radius 1 is 1.42 bits per heavy atom. The minimum atomic E-state index is -0.872. The molecule has 0 radical (unpaired) electrons. The van der Waals surface area contributed by atoms with E-state index in [9.17, 15) is 14.4 Å². The van der Waals surface area contributed by atoms with Crippen LogP contribution in [0.5, 0.6) is 0 Å². The molecule has 0 aromatic heterocycles. The Morgan fingerprint density at radius 3 is 2.53 bits per heavy atom. The van der Waals surface area contributed by atoms with Gasteiger partial charge in [0.15, 0.2) is 6.10 Å². The van der Waals surface area contributed by atoms with Gasteiger partial charge in [-0.1, -0.05) is 0 Å². The van der Waals surface area contributed by atoms with E-state index in [-0.39, 0.29) is 5.91 Å². The maximum absolute atomic E-state index is 11.7. The van der Waals surface area contributed by atoms with E-state index < -0.39 is 29.8 Å². The van der Waals surface area contributed by atoms with Crippen molar-refractivity contribution < 1.29 is 23.9 Å². The predicted molar refractivity (Wildman–Crippen MR) is 66.3 cm³/mol. The fraction of sp³-hybridized carbons (Fsp3) is 0.750. The summed E-state index contributed by atoms with van der Waals surface area (Å²) in [7, 11) is 0. The monoisotopic (exact) mass is 272 g/mol. The summed E-state index contributed by atoms with van der Waals surface area (Å²) in [5.74, 6) is -0.967. The van der Waals surface area contributed by atoms with Crippen LogP contribution in [0.15, 0.2) is 0 Å². The van der Waals surface area contributed by atoms with E-state index in [1.54, 1.807) is 20.8 Å². The fourth-order valence-electron chi connectivity index (χ4n) is 1.47. The number of amides is 2. The number of alkyl carbamates (subject to hydrolysis) is 1. The number of nitrogens with one attached hydrogen (secondary N) is 2. The lowest BCUT2D eigenvalue weighted by molar-refractivity contribution is -0.155. The highest BCUT2D eigenvalue weighted by Crippen LogP contribution is 2.08. The van der Waals surface area contributed by atoms with Crippen LogP contribution in [0.2, 0.25) is 0 Å². The SMILES string of the molecule is CC(NC(=O)OC(C)(C)C)C(=O)OC1CCNC1=O. The summed E-state index contributed by atoms with van der Waals surface area (Å²) in [6.45, 7) is 7.12. The van der Waals surface area contributed by atoms with E-state index in [2.05, 4.69) is 10.6 Å². The van der Waals surface area contributed by atoms with Gasteiger partial charge in [0.2, 0.25) is 0 Å². The quantitative estimate of drug-likeness (QED) is 0.722. The lowest BCUT2D eigenvalue weighted by atomic mass is 10.2. The Labute approximate surface area is 112 Å². The van der Waals surface area contributed by atoms with Gasteiger partial charge >= 0.3 is 12.1 Å². The van der Waals surface area contributed by atoms with E-state index in [1.807, 2.05) is 0 Å². The van der Waals surface area contributed by atoms with Crippen LogP contribution in [-0.4, -0.2) is 42.3 Å². The van der Waals surface area contributed by atoms with Gasteiger partial charge in [-0.15, -0.1) is 0 Å². The second-order valence-corrected chi connectivity index (χ2v) is 5.37. The Balaban J connectivity index is 2.40. The summed E-state index contributed by atoms with van der Waals surface area (Å²) in [6.07, 6.45) is -1.02. The first-order valence-electron chi connectivity index (χ1n) is 6.17. The number of rotatable bonds is 3. The van der Waals surface area contributed by atoms with Crippen LogP contribution < -0.4 is 10.6 Å². The molecule has 0 bridgehead atoms. The Hall–Kier alpha value is -1.79. The second-order valence-electron chi connectivity index (χ2n) is 5.37. The molecular weight excluding hydrogens is 252 g/mol. The second kappa shape index (κ2) is 5.90. The molecule has 1 saturated heterocycles. The molecule has 7 nitrogen and oxygen atoms in total. The molecule has 2 unspecified atom stereocenters. The largest absolute Gasteiger partial charge is 0.451 e. The highest BCUT2D eigenvalue weighted by atomic mass is 16.6. The van der Waals surface area contributed by atoms with Gasteiger partial charge in [0.25, 0.3) is 5.91 Å². The van der Waals surface area contributed by atoms with Crippen molar-refractivity contribution in [3.63, 3.8) is 0 Å². The van der Waals surface area contributed by atoms with E-state index in [4.69, 9.17) is 9.47 Å². The highest BCUT2D eigenvalue weighted by molar-refractivity contribution is 5.87. The average molecular weight is 272 g/mol. The molecule has 0 saturated carbocycles. The topological polar surface area (TPSA) is 93.7 Å². The minimum absolute atomic E-state index is 0.308. The van der Waals surface area contributed by atoms with E-state index >= 15 is 0 Å². The summed E-state index contributed by atoms with van der Waals surface area (Å²) in [5.41, 5.74) is -0.640. The highest BCUT2D eigenvalue weighted by Gasteiger charge is 2.30. The van der Waals surface area contributed by atoms with Crippen molar-refractivity contribution in [2.45, 2.75) is 51.9 Å². The average Bonchev–Trinajstić information content (AvgIpc) is 2.61. The molecular formula is C12H20N2O5. The molecule has 1 aliphatic rings. The summed E-state index contributed by atoms with van der Waals surface area (Å²) in [6, 6.07) is -0.872. The molecule has 108 valence electrons. The maximum atomic E-state index is 11.7. The number of hydrogen-bond donors (Lipinski definition) is 2. The molecule has 0 spiro atoms. The van der Waals surface area contributed by atoms with Crippen LogP contribution in [0.25, 0.3) is 0 Å². The van der Waals surface area contributed by atoms with Crippen LogP contribution in [0.3, 0.4) is 0 Å². The third-order valence-electron chi connectivity index (χ3n) is 2.34. The smallest absolute Gasteiger partial charge is 0.408 e. The van der Waals surface area contributed by atoms with Crippen LogP contribution in [0.1, 0.15) is 34.1 Å². The zero-order valence-corrected chi connectivity index (χ0v) is 11.6. The number of ether oxygens (including phenoxy) is 2. The van der Waals surface area contributed by atoms with Crippen molar-refractivity contribution in [3.05, 3.63) is 0 Å². The molecule has 1 aliphatic heterocycles. The Kier molecular flexibility index (Phi) is 4.74. The van der Waals surface area contributed by atoms with Crippen molar-refractivity contribution in [2.24, 2.45) is 0 Å². The summed E-state index contributed by atoms with van der Waals surface area (Å²) in [4.78, 5) is 34.4. The molecule has 1 fully saturated rings. The minimum Gasteiger partial charge on any atom is -0.451 e. The summed E-state index contributed by atoms with van der Waals surface area (Å²) in [5, 5.41) is 4.92. The molecule has 0 aliphatic carbocycles. The maximum Gasteiger partial charge on any atom is 0.408 e. The van der Waals surface area contributed by atoms with Crippen LogP contribution in [-0.2, 0) is 19.1 Å². The van der Waals surface area contributed by atoms with Crippen LogP contribution in [0, 0.1) is 0 Å². The van der Waals surface area contributed by atoms with Gasteiger partial charge in [0, 0.05) is 13.0 Å². The molecule has 2 atom stereocenters. The first-order valence-corrected chi connectivity index (χ1v) is 6.17. The lowest BCUT2D eigenvalue weighted by Crippen LogP contribution is -2.44. The fourth-order valence-corrected chi connectivity index (χ4v) is 1.47. The first kappa shape index (κ1) is 15.3. The lowest BCUT2D eigenvalue weighted by Gasteiger charge is -2.21. The van der Waals surface area contributed by atoms with Crippen molar-refractivity contribution in [2.75, 3.05) is 6.54 Å². The molecule has 2 amide bonds. The number of esters is 1. The van der Waals surface area contributed by atoms with Crippen LogP contribution >= 0.6 is 0 Å². The van der Waals surface area contributed by atoms with Gasteiger partial charge in [0.05, 0.1) is 0 Å². The summed E-state index contributed by atoms with van der Waals surface area (Å²) < 4.78 is 10.0. The molecule has 0 aromatic rings. The molecule has 7 heteroatoms. The van der Waals surface area contributed by atoms with E-state index in [0.717, 1.165) is 0 Å². The number of hydrogen-bond acceptors (Lipinski definition) is 5. The zero-order chi connectivity index (χ0) is 14.6. The Morgan fingerprint density at radius 2 is 2.05 bits per heavy atom. The zero-order valence-electron chi connectivity index (χ0n) is 11.6. The van der Waals surface area contributed by atoms with Crippen molar-refractivity contribution in [1.82, 2.24) is 10.6 Å². The van der Waals surface area contributed by atoms with E-state index in [0.29, 0.717) is 13.0 Å². The Bertz CT molecular complexity index is 375. The van der Waals surface area contributed by atoms with Crippen molar-refractivity contribution in [3.8, 4) is 0 Å². The molecule has 19 heavy (non-hydrogen) atoms. The summed E-state index contributed by atoms with van der Waals surface area (Å²) >= 11 is 0. The standard InChI is InChI=1S/C12H20N2O5/c1-7(14-11(17)19-12(2,3)4)10(16)18-8-5-6-13-9(8)15/h7-8H,5-6H2,1-4H3,(H,13,15)(H,14,17). The number of carbonyl (C=O) groups excluding carboxylic acids is 3. The molecule has 0 aromatic carbocycles. The van der Waals surface area contributed by atoms with Gasteiger partial charge in [-0.05, 0) is 27.7 Å². The third-order valence-corrected chi connectivity index (χ3v) is 2.34. The van der Waals surface area contributed by atoms with Gasteiger partial charge in [0.1, 0.15) is 11.6 Å². The molecule has 1 heterocycles. The van der Waals surface area contributed by atoms with Gasteiger partial charge in [-0.2, -0.15) is 0 Å². The van der Waals surface area contributed by atoms with Gasteiger partial charge in [-0.25, -0.2) is 9.59 Å².